The standard InChI is InChI=1S/C27H42O3/c1-16-7-12-27(29-15-16)17(2)24-23(30-27)14-22-20-6-5-18-13-19(28)8-10-25(18,3)21(20)9-11-26(22,24)4/h5,16-17,19-24,28H,6-15H2,1-4H3/t16-,17-,19-,20+,21-,22-,23-,24-,25-,26?,27+/m0/s1. The largest absolute Gasteiger partial charge is 0.393 e. The van der Waals surface area contributed by atoms with Crippen molar-refractivity contribution < 1.29 is 14.6 Å². The highest BCUT2D eigenvalue weighted by Crippen LogP contribution is 2.70. The Kier molecular flexibility index (Phi) is 4.44. The molecule has 4 aliphatic carbocycles. The molecule has 2 saturated heterocycles. The molecule has 3 saturated carbocycles. The van der Waals surface area contributed by atoms with Crippen molar-refractivity contribution in [3.05, 3.63) is 11.6 Å². The molecule has 1 N–H and O–H groups in total. The Morgan fingerprint density at radius 2 is 1.87 bits per heavy atom. The third-order valence-electron chi connectivity index (χ3n) is 11.3. The second-order valence-corrected chi connectivity index (χ2v) is 12.7. The average Bonchev–Trinajstić information content (AvgIpc) is 3.16. The molecule has 0 aromatic carbocycles. The summed E-state index contributed by atoms with van der Waals surface area (Å²) in [6.07, 6.45) is 13.5. The summed E-state index contributed by atoms with van der Waals surface area (Å²) in [7, 11) is 0. The van der Waals surface area contributed by atoms with Crippen LogP contribution in [-0.4, -0.2) is 29.7 Å². The van der Waals surface area contributed by atoms with Gasteiger partial charge in [0, 0.05) is 12.3 Å². The molecular weight excluding hydrogens is 372 g/mol. The van der Waals surface area contributed by atoms with Crippen LogP contribution >= 0.6 is 0 Å². The van der Waals surface area contributed by atoms with Crippen LogP contribution in [0.1, 0.15) is 85.5 Å². The highest BCUT2D eigenvalue weighted by molar-refractivity contribution is 5.26. The third kappa shape index (κ3) is 2.55. The van der Waals surface area contributed by atoms with E-state index in [0.29, 0.717) is 34.7 Å². The number of rotatable bonds is 0. The summed E-state index contributed by atoms with van der Waals surface area (Å²) < 4.78 is 13.3. The fourth-order valence-electron chi connectivity index (χ4n) is 9.66. The number of hydrogen-bond donors (Lipinski definition) is 1. The SMILES string of the molecule is C[C@H]1CC[C@@]2(OC1)O[C@H]1C[C@H]3[C@@H]4CC=C5C[C@@H](O)CC[C@]5(C)[C@H]4CCC3(C)[C@H]1[C@@H]2C. The average molecular weight is 415 g/mol. The number of hydrogen-bond acceptors (Lipinski definition) is 3. The van der Waals surface area contributed by atoms with Gasteiger partial charge in [0.05, 0.1) is 18.8 Å². The minimum Gasteiger partial charge on any atom is -0.393 e. The molecule has 1 spiro atoms. The Labute approximate surface area is 183 Å². The molecular formula is C27H42O3. The van der Waals surface area contributed by atoms with E-state index < -0.39 is 0 Å². The van der Waals surface area contributed by atoms with Gasteiger partial charge in [-0.25, -0.2) is 0 Å². The monoisotopic (exact) mass is 414 g/mol. The minimum atomic E-state index is -0.294. The zero-order chi connectivity index (χ0) is 20.9. The first-order valence-corrected chi connectivity index (χ1v) is 13.0. The number of fused-ring (bicyclic) bond motifs is 7. The van der Waals surface area contributed by atoms with Crippen molar-refractivity contribution in [3.63, 3.8) is 0 Å². The molecule has 6 aliphatic rings. The van der Waals surface area contributed by atoms with Gasteiger partial charge in [0.1, 0.15) is 0 Å². The smallest absolute Gasteiger partial charge is 0.171 e. The van der Waals surface area contributed by atoms with Crippen molar-refractivity contribution in [3.8, 4) is 0 Å². The van der Waals surface area contributed by atoms with Crippen LogP contribution in [0.4, 0.5) is 0 Å². The first-order valence-electron chi connectivity index (χ1n) is 13.0. The quantitative estimate of drug-likeness (QED) is 0.516. The highest BCUT2D eigenvalue weighted by Gasteiger charge is 2.68. The van der Waals surface area contributed by atoms with Gasteiger partial charge in [-0.15, -0.1) is 0 Å². The van der Waals surface area contributed by atoms with Gasteiger partial charge in [0.15, 0.2) is 5.79 Å². The van der Waals surface area contributed by atoms with Crippen molar-refractivity contribution in [2.24, 2.45) is 46.3 Å². The van der Waals surface area contributed by atoms with Crippen LogP contribution in [0.2, 0.25) is 0 Å². The summed E-state index contributed by atoms with van der Waals surface area (Å²) in [6, 6.07) is 0. The van der Waals surface area contributed by atoms with E-state index in [9.17, 15) is 5.11 Å². The lowest BCUT2D eigenvalue weighted by Crippen LogP contribution is -2.52. The number of aliphatic hydroxyl groups is 1. The molecule has 0 amide bonds. The lowest BCUT2D eigenvalue weighted by atomic mass is 9.47. The first-order chi connectivity index (χ1) is 14.3. The van der Waals surface area contributed by atoms with Gasteiger partial charge < -0.3 is 14.6 Å². The highest BCUT2D eigenvalue weighted by atomic mass is 16.7. The normalized spacial score (nSPS) is 59.8. The topological polar surface area (TPSA) is 38.7 Å². The van der Waals surface area contributed by atoms with Crippen LogP contribution < -0.4 is 0 Å². The second-order valence-electron chi connectivity index (χ2n) is 12.7. The summed E-state index contributed by atoms with van der Waals surface area (Å²) in [5, 5.41) is 10.3. The molecule has 5 fully saturated rings. The Bertz CT molecular complexity index is 736. The predicted octanol–water partition coefficient (Wildman–Crippen LogP) is 5.71. The van der Waals surface area contributed by atoms with Crippen LogP contribution in [0.5, 0.6) is 0 Å². The Hall–Kier alpha value is -0.380. The van der Waals surface area contributed by atoms with E-state index in [4.69, 9.17) is 9.47 Å². The molecule has 2 heterocycles. The summed E-state index contributed by atoms with van der Waals surface area (Å²) in [4.78, 5) is 0. The Balaban J connectivity index is 1.28. The van der Waals surface area contributed by atoms with Crippen molar-refractivity contribution in [2.45, 2.75) is 103 Å². The molecule has 0 bridgehead atoms. The van der Waals surface area contributed by atoms with Gasteiger partial charge in [-0.3, -0.25) is 0 Å². The van der Waals surface area contributed by atoms with E-state index in [1.807, 2.05) is 0 Å². The lowest BCUT2D eigenvalue weighted by Gasteiger charge is -2.58. The maximum atomic E-state index is 10.3. The molecule has 168 valence electrons. The third-order valence-corrected chi connectivity index (χ3v) is 11.3. The van der Waals surface area contributed by atoms with Crippen molar-refractivity contribution in [1.82, 2.24) is 0 Å². The number of ether oxygens (including phenoxy) is 2. The van der Waals surface area contributed by atoms with Gasteiger partial charge in [0.2, 0.25) is 0 Å². The predicted molar refractivity (Wildman–Crippen MR) is 118 cm³/mol. The van der Waals surface area contributed by atoms with E-state index in [1.165, 1.54) is 38.5 Å². The van der Waals surface area contributed by atoms with Crippen LogP contribution in [0.3, 0.4) is 0 Å². The second kappa shape index (κ2) is 6.58. The van der Waals surface area contributed by atoms with Gasteiger partial charge in [-0.05, 0) is 91.8 Å². The molecule has 1 unspecified atom stereocenters. The Morgan fingerprint density at radius 3 is 2.63 bits per heavy atom. The summed E-state index contributed by atoms with van der Waals surface area (Å²) >= 11 is 0. The molecule has 3 heteroatoms. The number of allylic oxidation sites excluding steroid dienone is 1. The van der Waals surface area contributed by atoms with Crippen LogP contribution in [0, 0.1) is 46.3 Å². The molecule has 30 heavy (non-hydrogen) atoms. The Morgan fingerprint density at radius 1 is 1.03 bits per heavy atom. The van der Waals surface area contributed by atoms with Gasteiger partial charge in [-0.1, -0.05) is 39.3 Å². The molecule has 6 rings (SSSR count). The maximum Gasteiger partial charge on any atom is 0.171 e. The molecule has 2 aliphatic heterocycles. The van der Waals surface area contributed by atoms with Crippen LogP contribution in [0.25, 0.3) is 0 Å². The van der Waals surface area contributed by atoms with Crippen LogP contribution in [-0.2, 0) is 9.47 Å². The summed E-state index contributed by atoms with van der Waals surface area (Å²) in [5.74, 6) is 3.94. The van der Waals surface area contributed by atoms with E-state index in [-0.39, 0.29) is 11.9 Å². The number of aliphatic hydroxyl groups excluding tert-OH is 1. The molecule has 0 aromatic heterocycles. The maximum absolute atomic E-state index is 10.3. The van der Waals surface area contributed by atoms with E-state index in [0.717, 1.165) is 43.6 Å². The first kappa shape index (κ1) is 20.2. The molecule has 3 nitrogen and oxygen atoms in total. The zero-order valence-corrected chi connectivity index (χ0v) is 19.5. The zero-order valence-electron chi connectivity index (χ0n) is 19.5. The fourth-order valence-corrected chi connectivity index (χ4v) is 9.66. The van der Waals surface area contributed by atoms with Gasteiger partial charge in [0.25, 0.3) is 0 Å². The molecule has 0 radical (unpaired) electrons. The lowest BCUT2D eigenvalue weighted by molar-refractivity contribution is -0.272. The van der Waals surface area contributed by atoms with Crippen molar-refractivity contribution in [2.75, 3.05) is 6.61 Å². The molecule has 11 atom stereocenters. The fraction of sp³-hybridized carbons (Fsp3) is 0.926. The molecule has 0 aromatic rings. The minimum absolute atomic E-state index is 0.107. The van der Waals surface area contributed by atoms with Gasteiger partial charge >= 0.3 is 0 Å². The summed E-state index contributed by atoms with van der Waals surface area (Å²) in [5.41, 5.74) is 2.31. The van der Waals surface area contributed by atoms with Crippen LogP contribution in [0.15, 0.2) is 11.6 Å². The van der Waals surface area contributed by atoms with Crippen molar-refractivity contribution >= 4 is 0 Å². The van der Waals surface area contributed by atoms with E-state index in [2.05, 4.69) is 33.8 Å². The van der Waals surface area contributed by atoms with Crippen molar-refractivity contribution in [1.29, 1.82) is 0 Å². The van der Waals surface area contributed by atoms with E-state index >= 15 is 0 Å². The van der Waals surface area contributed by atoms with E-state index in [1.54, 1.807) is 5.57 Å². The van der Waals surface area contributed by atoms with Gasteiger partial charge in [-0.2, -0.15) is 0 Å². The summed E-state index contributed by atoms with van der Waals surface area (Å²) in [6.45, 7) is 10.8.